The molecule has 0 aromatic rings. The average Bonchev–Trinajstić information content (AvgIpc) is 2.51. The third-order valence-corrected chi connectivity index (χ3v) is 2.94. The normalized spacial score (nSPS) is 27.9. The molecule has 15 heavy (non-hydrogen) atoms. The Bertz CT molecular complexity index is 427. The Balaban J connectivity index is 2.53. The third-order valence-electron chi connectivity index (χ3n) is 2.94. The molecule has 2 N–H and O–H groups in total. The van der Waals surface area contributed by atoms with Crippen molar-refractivity contribution in [1.29, 1.82) is 0 Å². The van der Waals surface area contributed by atoms with Gasteiger partial charge in [0, 0.05) is 17.7 Å². The van der Waals surface area contributed by atoms with E-state index in [0.717, 1.165) is 12.0 Å². The minimum atomic E-state index is -0.646. The molecule has 0 radical (unpaired) electrons. The molecule has 0 spiro atoms. The van der Waals surface area contributed by atoms with Crippen LogP contribution in [0.4, 0.5) is 0 Å². The Hall–Kier alpha value is -1.48. The first kappa shape index (κ1) is 10.1. The summed E-state index contributed by atoms with van der Waals surface area (Å²) in [6.07, 6.45) is 6.28. The fraction of sp³-hybridized carbons (Fsp3) is 0.333. The molecule has 2 aliphatic rings. The molecule has 2 aliphatic carbocycles. The van der Waals surface area contributed by atoms with Crippen LogP contribution in [-0.4, -0.2) is 18.1 Å². The van der Waals surface area contributed by atoms with Gasteiger partial charge in [0.05, 0.1) is 5.92 Å². The predicted molar refractivity (Wildman–Crippen MR) is 57.1 cm³/mol. The van der Waals surface area contributed by atoms with Crippen LogP contribution in [0.15, 0.2) is 34.9 Å². The molecule has 0 fully saturated rings. The van der Waals surface area contributed by atoms with E-state index >= 15 is 0 Å². The van der Waals surface area contributed by atoms with E-state index in [0.29, 0.717) is 11.1 Å². The summed E-state index contributed by atoms with van der Waals surface area (Å²) in [5, 5.41) is 0. The Labute approximate surface area is 88.3 Å². The second-order valence-corrected chi connectivity index (χ2v) is 3.73. The maximum Gasteiger partial charge on any atom is 0.175 e. The largest absolute Gasteiger partial charge is 0.329 e. The number of hydrogen-bond donors (Lipinski definition) is 1. The van der Waals surface area contributed by atoms with E-state index in [1.54, 1.807) is 6.08 Å². The van der Waals surface area contributed by atoms with Gasteiger partial charge < -0.3 is 5.73 Å². The van der Waals surface area contributed by atoms with Crippen LogP contribution in [-0.2, 0) is 9.59 Å². The highest BCUT2D eigenvalue weighted by molar-refractivity contribution is 6.28. The molecule has 0 aromatic carbocycles. The van der Waals surface area contributed by atoms with Crippen molar-refractivity contribution < 1.29 is 9.59 Å². The van der Waals surface area contributed by atoms with Crippen molar-refractivity contribution in [2.75, 3.05) is 6.54 Å². The topological polar surface area (TPSA) is 60.2 Å². The van der Waals surface area contributed by atoms with Crippen molar-refractivity contribution in [3.63, 3.8) is 0 Å². The van der Waals surface area contributed by atoms with Gasteiger partial charge in [-0.2, -0.15) is 0 Å². The van der Waals surface area contributed by atoms with Gasteiger partial charge in [0.1, 0.15) is 0 Å². The first-order valence-electron chi connectivity index (χ1n) is 5.05. The Kier molecular flexibility index (Phi) is 2.40. The van der Waals surface area contributed by atoms with E-state index in [1.165, 1.54) is 0 Å². The van der Waals surface area contributed by atoms with Crippen LogP contribution in [0, 0.1) is 5.92 Å². The first-order valence-corrected chi connectivity index (χ1v) is 5.05. The molecule has 0 heterocycles. The summed E-state index contributed by atoms with van der Waals surface area (Å²) in [5.41, 5.74) is 7.54. The zero-order chi connectivity index (χ0) is 11.0. The van der Waals surface area contributed by atoms with E-state index < -0.39 is 5.92 Å². The van der Waals surface area contributed by atoms with Gasteiger partial charge in [0.15, 0.2) is 11.6 Å². The summed E-state index contributed by atoms with van der Waals surface area (Å²) < 4.78 is 0. The van der Waals surface area contributed by atoms with Crippen molar-refractivity contribution in [2.24, 2.45) is 11.7 Å². The van der Waals surface area contributed by atoms with E-state index in [1.807, 2.05) is 19.1 Å². The van der Waals surface area contributed by atoms with E-state index in [9.17, 15) is 9.59 Å². The molecule has 3 heteroatoms. The first-order chi connectivity index (χ1) is 7.20. The molecular weight excluding hydrogens is 190 g/mol. The number of ketones is 2. The van der Waals surface area contributed by atoms with Crippen LogP contribution in [0.25, 0.3) is 0 Å². The highest BCUT2D eigenvalue weighted by Gasteiger charge is 2.40. The maximum absolute atomic E-state index is 11.9. The van der Waals surface area contributed by atoms with Gasteiger partial charge in [-0.1, -0.05) is 18.2 Å². The lowest BCUT2D eigenvalue weighted by Gasteiger charge is -2.10. The molecular formula is C12H13NO2. The van der Waals surface area contributed by atoms with Gasteiger partial charge in [-0.25, -0.2) is 0 Å². The van der Waals surface area contributed by atoms with Crippen LogP contribution in [0.1, 0.15) is 13.3 Å². The number of allylic oxidation sites excluding steroid dienone is 6. The van der Waals surface area contributed by atoms with Gasteiger partial charge in [0.25, 0.3) is 0 Å². The quantitative estimate of drug-likeness (QED) is 0.644. The summed E-state index contributed by atoms with van der Waals surface area (Å²) in [6, 6.07) is 0. The fourth-order valence-electron chi connectivity index (χ4n) is 2.12. The second-order valence-electron chi connectivity index (χ2n) is 3.73. The van der Waals surface area contributed by atoms with Gasteiger partial charge in [-0.3, -0.25) is 9.59 Å². The zero-order valence-electron chi connectivity index (χ0n) is 8.62. The molecule has 2 rings (SSSR count). The van der Waals surface area contributed by atoms with E-state index in [4.69, 9.17) is 5.73 Å². The minimum absolute atomic E-state index is 0.102. The summed E-state index contributed by atoms with van der Waals surface area (Å²) in [7, 11) is 0. The van der Waals surface area contributed by atoms with Crippen molar-refractivity contribution >= 4 is 11.6 Å². The van der Waals surface area contributed by atoms with Crippen molar-refractivity contribution in [1.82, 2.24) is 0 Å². The highest BCUT2D eigenvalue weighted by Crippen LogP contribution is 2.34. The van der Waals surface area contributed by atoms with Crippen LogP contribution in [0.3, 0.4) is 0 Å². The molecule has 0 aliphatic heterocycles. The Morgan fingerprint density at radius 3 is 2.80 bits per heavy atom. The molecule has 1 unspecified atom stereocenters. The Morgan fingerprint density at radius 2 is 2.20 bits per heavy atom. The van der Waals surface area contributed by atoms with Crippen molar-refractivity contribution in [3.8, 4) is 0 Å². The molecule has 0 amide bonds. The third kappa shape index (κ3) is 1.31. The van der Waals surface area contributed by atoms with Gasteiger partial charge in [-0.05, 0) is 18.9 Å². The van der Waals surface area contributed by atoms with Crippen molar-refractivity contribution in [3.05, 3.63) is 34.9 Å². The van der Waals surface area contributed by atoms with Crippen molar-refractivity contribution in [2.45, 2.75) is 13.3 Å². The van der Waals surface area contributed by atoms with E-state index in [2.05, 4.69) is 0 Å². The number of carbonyl (C=O) groups excluding carboxylic acids is 2. The molecule has 0 saturated carbocycles. The van der Waals surface area contributed by atoms with E-state index in [-0.39, 0.29) is 18.1 Å². The smallest absolute Gasteiger partial charge is 0.175 e. The van der Waals surface area contributed by atoms with Crippen LogP contribution in [0.5, 0.6) is 0 Å². The molecule has 0 saturated heterocycles. The van der Waals surface area contributed by atoms with Crippen LogP contribution in [0.2, 0.25) is 0 Å². The van der Waals surface area contributed by atoms with Crippen LogP contribution >= 0.6 is 0 Å². The lowest BCUT2D eigenvalue weighted by atomic mass is 9.93. The Morgan fingerprint density at radius 1 is 1.47 bits per heavy atom. The zero-order valence-corrected chi connectivity index (χ0v) is 8.62. The predicted octanol–water partition coefficient (Wildman–Crippen LogP) is 0.916. The second kappa shape index (κ2) is 3.59. The number of carbonyl (C=O) groups is 2. The summed E-state index contributed by atoms with van der Waals surface area (Å²) in [6.45, 7) is 1.99. The number of nitrogens with two attached hydrogens (primary N) is 1. The van der Waals surface area contributed by atoms with Crippen LogP contribution < -0.4 is 5.73 Å². The summed E-state index contributed by atoms with van der Waals surface area (Å²) in [4.78, 5) is 23.7. The average molecular weight is 203 g/mol. The number of hydrogen-bond acceptors (Lipinski definition) is 3. The molecule has 78 valence electrons. The summed E-state index contributed by atoms with van der Waals surface area (Å²) >= 11 is 0. The SMILES string of the molecule is C/C=C1\CC=CC2=C1C(=O)C(CN)C2=O. The number of Topliss-reactive ketones (excluding diaryl/α,β-unsaturated/α-hetero) is 2. The molecule has 1 atom stereocenters. The molecule has 0 aromatic heterocycles. The molecule has 3 nitrogen and oxygen atoms in total. The molecule has 0 bridgehead atoms. The highest BCUT2D eigenvalue weighted by atomic mass is 16.2. The van der Waals surface area contributed by atoms with Gasteiger partial charge in [-0.15, -0.1) is 0 Å². The lowest BCUT2D eigenvalue weighted by Crippen LogP contribution is -2.26. The minimum Gasteiger partial charge on any atom is -0.329 e. The monoisotopic (exact) mass is 203 g/mol. The lowest BCUT2D eigenvalue weighted by molar-refractivity contribution is -0.125. The standard InChI is InChI=1S/C12H13NO2/c1-2-7-4-3-5-8-10(7)12(15)9(6-13)11(8)14/h2-3,5,9H,4,6,13H2,1H3/b7-2+. The number of rotatable bonds is 1. The van der Waals surface area contributed by atoms with Gasteiger partial charge in [0.2, 0.25) is 0 Å². The fourth-order valence-corrected chi connectivity index (χ4v) is 2.12. The maximum atomic E-state index is 11.9. The van der Waals surface area contributed by atoms with Gasteiger partial charge >= 0.3 is 0 Å². The summed E-state index contributed by atoms with van der Waals surface area (Å²) in [5.74, 6) is -0.865.